The number of para-hydroxylation sites is 1. The molecule has 0 saturated heterocycles. The van der Waals surface area contributed by atoms with E-state index in [2.05, 4.69) is 18.2 Å². The van der Waals surface area contributed by atoms with Crippen molar-refractivity contribution in [3.05, 3.63) is 95.1 Å². The Labute approximate surface area is 159 Å². The first-order chi connectivity index (χ1) is 13.2. The first-order valence-electron chi connectivity index (χ1n) is 9.20. The molecule has 0 aromatic heterocycles. The van der Waals surface area contributed by atoms with Gasteiger partial charge in [0.25, 0.3) is 0 Å². The van der Waals surface area contributed by atoms with Crippen LogP contribution >= 0.6 is 0 Å². The van der Waals surface area contributed by atoms with Gasteiger partial charge in [-0.15, -0.1) is 0 Å². The Morgan fingerprint density at radius 3 is 2.19 bits per heavy atom. The van der Waals surface area contributed by atoms with Gasteiger partial charge in [0.05, 0.1) is 12.7 Å². The predicted molar refractivity (Wildman–Crippen MR) is 106 cm³/mol. The lowest BCUT2D eigenvalue weighted by molar-refractivity contribution is 0.0890. The maximum Gasteiger partial charge on any atom is 0.170 e. The Hall–Kier alpha value is -3.07. The number of fused-ring (bicyclic) bond motifs is 1. The van der Waals surface area contributed by atoms with Crippen molar-refractivity contribution >= 4 is 5.78 Å². The molecule has 0 bridgehead atoms. The van der Waals surface area contributed by atoms with Gasteiger partial charge in [0.1, 0.15) is 11.5 Å². The van der Waals surface area contributed by atoms with Crippen LogP contribution in [0.3, 0.4) is 0 Å². The summed E-state index contributed by atoms with van der Waals surface area (Å²) < 4.78 is 5.27. The van der Waals surface area contributed by atoms with E-state index in [4.69, 9.17) is 4.74 Å². The van der Waals surface area contributed by atoms with E-state index in [-0.39, 0.29) is 23.4 Å². The van der Waals surface area contributed by atoms with Crippen LogP contribution in [0.15, 0.2) is 72.8 Å². The second-order valence-corrected chi connectivity index (χ2v) is 7.04. The molecule has 27 heavy (non-hydrogen) atoms. The van der Waals surface area contributed by atoms with Gasteiger partial charge in [0.15, 0.2) is 5.78 Å². The van der Waals surface area contributed by atoms with Crippen LogP contribution in [0, 0.1) is 5.92 Å². The minimum atomic E-state index is -0.207. The van der Waals surface area contributed by atoms with Crippen LogP contribution in [0.5, 0.6) is 11.5 Å². The van der Waals surface area contributed by atoms with Crippen molar-refractivity contribution in [3.63, 3.8) is 0 Å². The molecule has 0 spiro atoms. The number of carbonyl (C=O) groups excluding carboxylic acids is 1. The topological polar surface area (TPSA) is 46.5 Å². The molecule has 1 aliphatic rings. The molecule has 1 N–H and O–H groups in total. The molecule has 3 aromatic rings. The molecule has 3 heteroatoms. The highest BCUT2D eigenvalue weighted by Crippen LogP contribution is 2.40. The lowest BCUT2D eigenvalue weighted by Gasteiger charge is -2.33. The van der Waals surface area contributed by atoms with E-state index in [0.717, 1.165) is 17.7 Å². The number of Topliss-reactive ketones (excluding diaryl/α,β-unsaturated/α-hetero) is 1. The van der Waals surface area contributed by atoms with E-state index in [1.807, 2.05) is 30.3 Å². The quantitative estimate of drug-likeness (QED) is 0.683. The summed E-state index contributed by atoms with van der Waals surface area (Å²) in [7, 11) is 1.65. The van der Waals surface area contributed by atoms with E-state index in [0.29, 0.717) is 12.0 Å². The van der Waals surface area contributed by atoms with Crippen molar-refractivity contribution in [3.8, 4) is 11.5 Å². The molecular formula is C24H22O3. The zero-order valence-corrected chi connectivity index (χ0v) is 15.3. The number of aromatic hydroxyl groups is 1. The average Bonchev–Trinajstić information content (AvgIpc) is 2.73. The number of carbonyl (C=O) groups is 1. The van der Waals surface area contributed by atoms with E-state index in [1.165, 1.54) is 11.1 Å². The van der Waals surface area contributed by atoms with E-state index in [1.54, 1.807) is 31.4 Å². The molecule has 1 aliphatic carbocycles. The van der Waals surface area contributed by atoms with Gasteiger partial charge in [-0.3, -0.25) is 4.79 Å². The first kappa shape index (κ1) is 17.3. The van der Waals surface area contributed by atoms with Crippen molar-refractivity contribution in [2.75, 3.05) is 7.11 Å². The fourth-order valence-corrected chi connectivity index (χ4v) is 4.07. The van der Waals surface area contributed by atoms with Gasteiger partial charge in [0.2, 0.25) is 0 Å². The highest BCUT2D eigenvalue weighted by Gasteiger charge is 2.35. The number of hydrogen-bond acceptors (Lipinski definition) is 3. The SMILES string of the molecule is COc1ccc([C@@H]2Cc3ccccc3C[C@H]2C(=O)c2ccccc2O)cc1. The maximum absolute atomic E-state index is 13.4. The van der Waals surface area contributed by atoms with Crippen LogP contribution in [-0.2, 0) is 12.8 Å². The summed E-state index contributed by atoms with van der Waals surface area (Å²) in [6, 6.07) is 23.1. The number of methoxy groups -OCH3 is 1. The largest absolute Gasteiger partial charge is 0.507 e. The fraction of sp³-hybridized carbons (Fsp3) is 0.208. The first-order valence-corrected chi connectivity index (χ1v) is 9.20. The number of rotatable bonds is 4. The summed E-state index contributed by atoms with van der Waals surface area (Å²) in [5, 5.41) is 10.2. The van der Waals surface area contributed by atoms with Gasteiger partial charge in [-0.05, 0) is 59.7 Å². The number of ketones is 1. The van der Waals surface area contributed by atoms with Crippen LogP contribution in [0.4, 0.5) is 0 Å². The molecule has 2 atom stereocenters. The van der Waals surface area contributed by atoms with Crippen molar-refractivity contribution in [1.82, 2.24) is 0 Å². The number of hydrogen-bond donors (Lipinski definition) is 1. The molecular weight excluding hydrogens is 336 g/mol. The molecule has 0 saturated carbocycles. The lowest BCUT2D eigenvalue weighted by Crippen LogP contribution is -2.30. The maximum atomic E-state index is 13.4. The van der Waals surface area contributed by atoms with Gasteiger partial charge < -0.3 is 9.84 Å². The Morgan fingerprint density at radius 2 is 1.52 bits per heavy atom. The lowest BCUT2D eigenvalue weighted by atomic mass is 9.70. The Bertz CT molecular complexity index is 959. The second kappa shape index (κ2) is 7.28. The molecule has 0 amide bonds. The third-order valence-electron chi connectivity index (χ3n) is 5.53. The molecule has 4 rings (SSSR count). The zero-order chi connectivity index (χ0) is 18.8. The Morgan fingerprint density at radius 1 is 0.889 bits per heavy atom. The van der Waals surface area contributed by atoms with Gasteiger partial charge in [-0.25, -0.2) is 0 Å². The van der Waals surface area contributed by atoms with Gasteiger partial charge in [-0.1, -0.05) is 48.5 Å². The molecule has 0 unspecified atom stereocenters. The van der Waals surface area contributed by atoms with E-state index < -0.39 is 0 Å². The minimum Gasteiger partial charge on any atom is -0.507 e. The summed E-state index contributed by atoms with van der Waals surface area (Å²) in [5.74, 6) is 0.719. The number of phenols is 1. The highest BCUT2D eigenvalue weighted by atomic mass is 16.5. The smallest absolute Gasteiger partial charge is 0.170 e. The molecule has 3 aromatic carbocycles. The second-order valence-electron chi connectivity index (χ2n) is 7.04. The van der Waals surface area contributed by atoms with Crippen molar-refractivity contribution in [2.45, 2.75) is 18.8 Å². The number of benzene rings is 3. The summed E-state index contributed by atoms with van der Waals surface area (Å²) in [6.45, 7) is 0. The normalized spacial score (nSPS) is 18.6. The van der Waals surface area contributed by atoms with Crippen molar-refractivity contribution in [1.29, 1.82) is 0 Å². The predicted octanol–water partition coefficient (Wildman–Crippen LogP) is 4.78. The molecule has 0 heterocycles. The summed E-state index contributed by atoms with van der Waals surface area (Å²) in [6.07, 6.45) is 1.49. The highest BCUT2D eigenvalue weighted by molar-refractivity contribution is 6.01. The van der Waals surface area contributed by atoms with Gasteiger partial charge in [0, 0.05) is 5.92 Å². The molecule has 0 aliphatic heterocycles. The third kappa shape index (κ3) is 3.33. The van der Waals surface area contributed by atoms with Crippen molar-refractivity contribution < 1.29 is 14.6 Å². The van der Waals surface area contributed by atoms with Gasteiger partial charge >= 0.3 is 0 Å². The van der Waals surface area contributed by atoms with E-state index in [9.17, 15) is 9.90 Å². The average molecular weight is 358 g/mol. The molecule has 0 fully saturated rings. The van der Waals surface area contributed by atoms with Crippen LogP contribution in [0.2, 0.25) is 0 Å². The Kier molecular flexibility index (Phi) is 4.68. The summed E-state index contributed by atoms with van der Waals surface area (Å²) in [5.41, 5.74) is 4.04. The third-order valence-corrected chi connectivity index (χ3v) is 5.53. The zero-order valence-electron chi connectivity index (χ0n) is 15.3. The Balaban J connectivity index is 1.75. The van der Waals surface area contributed by atoms with Crippen LogP contribution < -0.4 is 4.74 Å². The van der Waals surface area contributed by atoms with Crippen LogP contribution in [0.25, 0.3) is 0 Å². The molecule has 0 radical (unpaired) electrons. The molecule has 3 nitrogen and oxygen atoms in total. The van der Waals surface area contributed by atoms with Gasteiger partial charge in [-0.2, -0.15) is 0 Å². The van der Waals surface area contributed by atoms with Crippen LogP contribution in [-0.4, -0.2) is 18.0 Å². The summed E-state index contributed by atoms with van der Waals surface area (Å²) >= 11 is 0. The van der Waals surface area contributed by atoms with Crippen LogP contribution in [0.1, 0.15) is 33.0 Å². The minimum absolute atomic E-state index is 0.00317. The molecule has 136 valence electrons. The fourth-order valence-electron chi connectivity index (χ4n) is 4.07. The monoisotopic (exact) mass is 358 g/mol. The van der Waals surface area contributed by atoms with Crippen molar-refractivity contribution in [2.24, 2.45) is 5.92 Å². The standard InChI is InChI=1S/C24H22O3/c1-27-19-12-10-16(11-13-19)21-14-17-6-2-3-7-18(17)15-22(21)24(26)20-8-4-5-9-23(20)25/h2-13,21-22,25H,14-15H2,1H3/t21-,22+/m0/s1. The number of ether oxygens (including phenoxy) is 1. The van der Waals surface area contributed by atoms with E-state index >= 15 is 0 Å². The number of phenolic OH excluding ortho intramolecular Hbond substituents is 1. The summed E-state index contributed by atoms with van der Waals surface area (Å²) in [4.78, 5) is 13.4.